The molecule has 4 nitrogen and oxygen atoms in total. The molecule has 0 atom stereocenters. The van der Waals surface area contributed by atoms with E-state index in [1.54, 1.807) is 0 Å². The molecule has 1 aliphatic rings. The Kier molecular flexibility index (Phi) is 7.76. The zero-order valence-corrected chi connectivity index (χ0v) is 24.2. The number of aryl methyl sites for hydroxylation is 1. The first kappa shape index (κ1) is 26.4. The zero-order chi connectivity index (χ0) is 27.5. The lowest BCUT2D eigenvalue weighted by atomic mass is 9.96. The molecule has 0 bridgehead atoms. The van der Waals surface area contributed by atoms with E-state index < -0.39 is 0 Å². The average Bonchev–Trinajstić information content (AvgIpc) is 3.02. The van der Waals surface area contributed by atoms with E-state index >= 15 is 0 Å². The van der Waals surface area contributed by atoms with Crippen LogP contribution in [-0.4, -0.2) is 46.9 Å². The van der Waals surface area contributed by atoms with Crippen molar-refractivity contribution in [2.24, 2.45) is 0 Å². The second-order valence-electron chi connectivity index (χ2n) is 10.3. The number of carbonyl (C=O) groups is 1. The Balaban J connectivity index is 1.29. The van der Waals surface area contributed by atoms with Crippen LogP contribution < -0.4 is 0 Å². The van der Waals surface area contributed by atoms with E-state index in [9.17, 15) is 4.79 Å². The number of piperazine rings is 1. The number of amides is 1. The van der Waals surface area contributed by atoms with Gasteiger partial charge in [0.05, 0.1) is 22.8 Å². The summed E-state index contributed by atoms with van der Waals surface area (Å²) >= 11 is 3.60. The lowest BCUT2D eigenvalue weighted by Crippen LogP contribution is -2.49. The van der Waals surface area contributed by atoms with Crippen LogP contribution in [0.1, 0.15) is 40.0 Å². The standard InChI is InChI=1S/C35H32BrN3O/c1-2-25-13-15-26(16-14-25)33-24-31(30-23-29(36)17-18-32(30)37-33)35(40)39-21-19-38(20-22-39)34(27-9-5-3-6-10-27)28-11-7-4-8-12-28/h3-18,23-24,34H,2,19-22H2,1H3. The molecule has 6 rings (SSSR count). The maximum absolute atomic E-state index is 14.1. The Morgan fingerprint density at radius 1 is 0.800 bits per heavy atom. The van der Waals surface area contributed by atoms with Gasteiger partial charge in [-0.3, -0.25) is 9.69 Å². The number of pyridine rings is 1. The van der Waals surface area contributed by atoms with Crippen molar-refractivity contribution < 1.29 is 4.79 Å². The Morgan fingerprint density at radius 3 is 2.02 bits per heavy atom. The Bertz CT molecular complexity index is 1570. The molecule has 0 N–H and O–H groups in total. The quantitative estimate of drug-likeness (QED) is 0.203. The summed E-state index contributed by atoms with van der Waals surface area (Å²) in [6.45, 7) is 5.11. The maximum Gasteiger partial charge on any atom is 0.254 e. The van der Waals surface area contributed by atoms with Crippen LogP contribution in [0.15, 0.2) is 114 Å². The van der Waals surface area contributed by atoms with E-state index in [-0.39, 0.29) is 11.9 Å². The van der Waals surface area contributed by atoms with Crippen LogP contribution in [0, 0.1) is 0 Å². The third-order valence-corrected chi connectivity index (χ3v) is 8.35. The van der Waals surface area contributed by atoms with Crippen LogP contribution in [0.3, 0.4) is 0 Å². The van der Waals surface area contributed by atoms with Gasteiger partial charge in [-0.2, -0.15) is 0 Å². The van der Waals surface area contributed by atoms with Crippen molar-refractivity contribution in [2.45, 2.75) is 19.4 Å². The van der Waals surface area contributed by atoms with Crippen molar-refractivity contribution in [2.75, 3.05) is 26.2 Å². The predicted octanol–water partition coefficient (Wildman–Crippen LogP) is 7.77. The largest absolute Gasteiger partial charge is 0.336 e. The number of benzene rings is 4. The molecule has 1 amide bonds. The first-order chi connectivity index (χ1) is 19.6. The summed E-state index contributed by atoms with van der Waals surface area (Å²) in [7, 11) is 0. The van der Waals surface area contributed by atoms with Gasteiger partial charge in [-0.05, 0) is 47.4 Å². The minimum absolute atomic E-state index is 0.0625. The number of halogens is 1. The molecular formula is C35H32BrN3O. The van der Waals surface area contributed by atoms with Crippen molar-refractivity contribution in [3.63, 3.8) is 0 Å². The van der Waals surface area contributed by atoms with E-state index in [0.717, 1.165) is 46.1 Å². The molecule has 40 heavy (non-hydrogen) atoms. The summed E-state index contributed by atoms with van der Waals surface area (Å²) < 4.78 is 0.939. The van der Waals surface area contributed by atoms with Gasteiger partial charge >= 0.3 is 0 Å². The molecule has 5 aromatic rings. The van der Waals surface area contributed by atoms with Gasteiger partial charge < -0.3 is 4.90 Å². The Labute approximate surface area is 244 Å². The molecule has 0 saturated carbocycles. The van der Waals surface area contributed by atoms with Crippen LogP contribution in [0.25, 0.3) is 22.2 Å². The summed E-state index contributed by atoms with van der Waals surface area (Å²) in [6, 6.07) is 37.9. The van der Waals surface area contributed by atoms with Gasteiger partial charge in [0.1, 0.15) is 0 Å². The van der Waals surface area contributed by atoms with Crippen molar-refractivity contribution >= 4 is 32.7 Å². The molecule has 200 valence electrons. The van der Waals surface area contributed by atoms with Crippen molar-refractivity contribution in [1.29, 1.82) is 0 Å². The van der Waals surface area contributed by atoms with Crippen LogP contribution in [0.4, 0.5) is 0 Å². The maximum atomic E-state index is 14.1. The van der Waals surface area contributed by atoms with Gasteiger partial charge in [0.25, 0.3) is 5.91 Å². The van der Waals surface area contributed by atoms with Gasteiger partial charge in [-0.25, -0.2) is 4.98 Å². The number of fused-ring (bicyclic) bond motifs is 1. The number of hydrogen-bond acceptors (Lipinski definition) is 3. The van der Waals surface area contributed by atoms with E-state index in [1.165, 1.54) is 16.7 Å². The van der Waals surface area contributed by atoms with Gasteiger partial charge in [-0.15, -0.1) is 0 Å². The minimum atomic E-state index is 0.0625. The van der Waals surface area contributed by atoms with E-state index in [4.69, 9.17) is 4.98 Å². The zero-order valence-electron chi connectivity index (χ0n) is 22.6. The molecule has 1 saturated heterocycles. The number of aromatic nitrogens is 1. The molecule has 0 aliphatic carbocycles. The third kappa shape index (κ3) is 5.45. The molecule has 2 heterocycles. The lowest BCUT2D eigenvalue weighted by Gasteiger charge is -2.40. The highest BCUT2D eigenvalue weighted by Gasteiger charge is 2.29. The van der Waals surface area contributed by atoms with Crippen molar-refractivity contribution in [3.8, 4) is 11.3 Å². The van der Waals surface area contributed by atoms with Gasteiger partial charge in [0, 0.05) is 41.6 Å². The van der Waals surface area contributed by atoms with E-state index in [0.29, 0.717) is 18.7 Å². The fourth-order valence-electron chi connectivity index (χ4n) is 5.67. The number of carbonyl (C=O) groups excluding carboxylic acids is 1. The second-order valence-corrected chi connectivity index (χ2v) is 11.2. The lowest BCUT2D eigenvalue weighted by molar-refractivity contribution is 0.0599. The highest BCUT2D eigenvalue weighted by molar-refractivity contribution is 9.10. The molecule has 1 fully saturated rings. The summed E-state index contributed by atoms with van der Waals surface area (Å²) in [5, 5.41) is 0.877. The summed E-state index contributed by atoms with van der Waals surface area (Å²) in [5.74, 6) is 0.0625. The molecule has 1 aliphatic heterocycles. The second kappa shape index (κ2) is 11.7. The van der Waals surface area contributed by atoms with Gasteiger partial charge in [0.15, 0.2) is 0 Å². The Morgan fingerprint density at radius 2 is 1.43 bits per heavy atom. The van der Waals surface area contributed by atoms with Crippen LogP contribution in [0.5, 0.6) is 0 Å². The fraction of sp³-hybridized carbons (Fsp3) is 0.200. The normalized spacial score (nSPS) is 14.1. The third-order valence-electron chi connectivity index (χ3n) is 7.86. The number of hydrogen-bond donors (Lipinski definition) is 0. The highest BCUT2D eigenvalue weighted by Crippen LogP contribution is 2.31. The Hall–Kier alpha value is -3.80. The molecule has 4 aromatic carbocycles. The van der Waals surface area contributed by atoms with Gasteiger partial charge in [-0.1, -0.05) is 108 Å². The first-order valence-corrected chi connectivity index (χ1v) is 14.7. The molecule has 0 unspecified atom stereocenters. The van der Waals surface area contributed by atoms with Crippen LogP contribution in [0.2, 0.25) is 0 Å². The van der Waals surface area contributed by atoms with Crippen LogP contribution in [-0.2, 0) is 6.42 Å². The predicted molar refractivity (Wildman–Crippen MR) is 166 cm³/mol. The average molecular weight is 591 g/mol. The molecule has 0 spiro atoms. The number of rotatable bonds is 6. The molecule has 5 heteroatoms. The van der Waals surface area contributed by atoms with E-state index in [2.05, 4.69) is 113 Å². The van der Waals surface area contributed by atoms with E-state index in [1.807, 2.05) is 29.2 Å². The minimum Gasteiger partial charge on any atom is -0.336 e. The summed E-state index contributed by atoms with van der Waals surface area (Å²) in [5.41, 5.74) is 7.22. The SMILES string of the molecule is CCc1ccc(-c2cc(C(=O)N3CCN(C(c4ccccc4)c4ccccc4)CC3)c3cc(Br)ccc3n2)cc1. The van der Waals surface area contributed by atoms with Crippen LogP contribution >= 0.6 is 15.9 Å². The highest BCUT2D eigenvalue weighted by atomic mass is 79.9. The summed E-state index contributed by atoms with van der Waals surface area (Å²) in [4.78, 5) is 23.5. The number of nitrogens with zero attached hydrogens (tertiary/aromatic N) is 3. The topological polar surface area (TPSA) is 36.4 Å². The van der Waals surface area contributed by atoms with Crippen molar-refractivity contribution in [1.82, 2.24) is 14.8 Å². The van der Waals surface area contributed by atoms with Gasteiger partial charge in [0.2, 0.25) is 0 Å². The first-order valence-electron chi connectivity index (χ1n) is 13.9. The fourth-order valence-corrected chi connectivity index (χ4v) is 6.03. The molecule has 1 aromatic heterocycles. The smallest absolute Gasteiger partial charge is 0.254 e. The monoisotopic (exact) mass is 589 g/mol. The molecular weight excluding hydrogens is 558 g/mol. The summed E-state index contributed by atoms with van der Waals surface area (Å²) in [6.07, 6.45) is 0.991. The van der Waals surface area contributed by atoms with Crippen molar-refractivity contribution in [3.05, 3.63) is 136 Å². The molecule has 0 radical (unpaired) electrons.